The van der Waals surface area contributed by atoms with Gasteiger partial charge in [0.25, 0.3) is 0 Å². The molecule has 98 valence electrons. The minimum Gasteiger partial charge on any atom is -0.398 e. The van der Waals surface area contributed by atoms with E-state index in [1.165, 1.54) is 0 Å². The van der Waals surface area contributed by atoms with Crippen LogP contribution in [0.4, 0.5) is 18.9 Å². The highest BCUT2D eigenvalue weighted by atomic mass is 19.4. The predicted molar refractivity (Wildman–Crippen MR) is 59.1 cm³/mol. The highest BCUT2D eigenvalue weighted by molar-refractivity contribution is 6.02. The van der Waals surface area contributed by atoms with E-state index in [1.54, 1.807) is 0 Å². The fourth-order valence-electron chi connectivity index (χ4n) is 1.92. The molecule has 6 heteroatoms. The number of carbonyl (C=O) groups excluding carboxylic acids is 1. The van der Waals surface area contributed by atoms with Gasteiger partial charge in [0.1, 0.15) is 0 Å². The van der Waals surface area contributed by atoms with Crippen LogP contribution < -0.4 is 5.73 Å². The smallest absolute Gasteiger partial charge is 0.398 e. The quantitative estimate of drug-likeness (QED) is 0.655. The van der Waals surface area contributed by atoms with Crippen molar-refractivity contribution in [2.75, 3.05) is 18.9 Å². The van der Waals surface area contributed by atoms with E-state index in [2.05, 4.69) is 0 Å². The average Bonchev–Trinajstić information content (AvgIpc) is 2.80. The Hall–Kier alpha value is -1.56. The number of carbonyl (C=O) groups is 1. The normalized spacial score (nSPS) is 20.1. The van der Waals surface area contributed by atoms with E-state index in [0.717, 1.165) is 18.2 Å². The molecule has 1 aromatic carbocycles. The SMILES string of the molecule is Nc1cc(C(F)(F)F)ccc1C(=O)C1CCOC1. The van der Waals surface area contributed by atoms with Crippen molar-refractivity contribution in [3.05, 3.63) is 29.3 Å². The first-order chi connectivity index (χ1) is 8.39. The molecule has 1 atom stereocenters. The lowest BCUT2D eigenvalue weighted by atomic mass is 9.95. The molecular formula is C12H12F3NO2. The van der Waals surface area contributed by atoms with E-state index in [0.29, 0.717) is 19.6 Å². The third-order valence-electron chi connectivity index (χ3n) is 2.94. The van der Waals surface area contributed by atoms with Gasteiger partial charge in [-0.2, -0.15) is 13.2 Å². The van der Waals surface area contributed by atoms with E-state index >= 15 is 0 Å². The summed E-state index contributed by atoms with van der Waals surface area (Å²) in [5, 5.41) is 0. The molecule has 0 radical (unpaired) electrons. The fraction of sp³-hybridized carbons (Fsp3) is 0.417. The summed E-state index contributed by atoms with van der Waals surface area (Å²) in [6.07, 6.45) is -3.87. The molecule has 0 saturated carbocycles. The second-order valence-electron chi connectivity index (χ2n) is 4.22. The molecule has 2 rings (SSSR count). The van der Waals surface area contributed by atoms with Crippen LogP contribution in [-0.4, -0.2) is 19.0 Å². The number of Topliss-reactive ketones (excluding diaryl/α,β-unsaturated/α-hetero) is 1. The van der Waals surface area contributed by atoms with Crippen molar-refractivity contribution < 1.29 is 22.7 Å². The molecule has 2 N–H and O–H groups in total. The number of rotatable bonds is 2. The van der Waals surface area contributed by atoms with Gasteiger partial charge in [-0.25, -0.2) is 0 Å². The zero-order chi connectivity index (χ0) is 13.3. The van der Waals surface area contributed by atoms with Gasteiger partial charge in [-0.1, -0.05) is 0 Å². The van der Waals surface area contributed by atoms with Gasteiger partial charge in [-0.05, 0) is 24.6 Å². The molecule has 1 aromatic rings. The summed E-state index contributed by atoms with van der Waals surface area (Å²) in [5.41, 5.74) is 4.68. The van der Waals surface area contributed by atoms with Crippen molar-refractivity contribution in [1.29, 1.82) is 0 Å². The molecule has 0 aliphatic carbocycles. The molecule has 1 aliphatic rings. The van der Waals surface area contributed by atoms with E-state index in [4.69, 9.17) is 10.5 Å². The summed E-state index contributed by atoms with van der Waals surface area (Å²) in [6, 6.07) is 2.81. The lowest BCUT2D eigenvalue weighted by Crippen LogP contribution is -2.17. The number of nitrogen functional groups attached to an aromatic ring is 1. The first-order valence-electron chi connectivity index (χ1n) is 5.48. The highest BCUT2D eigenvalue weighted by Gasteiger charge is 2.32. The minimum absolute atomic E-state index is 0.137. The van der Waals surface area contributed by atoms with Crippen LogP contribution in [0.5, 0.6) is 0 Å². The maximum atomic E-state index is 12.4. The van der Waals surface area contributed by atoms with Gasteiger partial charge in [0.2, 0.25) is 0 Å². The standard InChI is InChI=1S/C12H12F3NO2/c13-12(14,15)8-1-2-9(10(16)5-8)11(17)7-3-4-18-6-7/h1-2,5,7H,3-4,6,16H2. The molecule has 3 nitrogen and oxygen atoms in total. The van der Waals surface area contributed by atoms with Crippen LogP contribution >= 0.6 is 0 Å². The zero-order valence-electron chi connectivity index (χ0n) is 9.46. The van der Waals surface area contributed by atoms with Gasteiger partial charge in [-0.3, -0.25) is 4.79 Å². The number of ether oxygens (including phenoxy) is 1. The maximum Gasteiger partial charge on any atom is 0.416 e. The molecule has 1 saturated heterocycles. The molecule has 1 aliphatic heterocycles. The minimum atomic E-state index is -4.45. The number of halogens is 3. The second-order valence-corrected chi connectivity index (χ2v) is 4.22. The molecular weight excluding hydrogens is 247 g/mol. The lowest BCUT2D eigenvalue weighted by molar-refractivity contribution is -0.137. The third-order valence-corrected chi connectivity index (χ3v) is 2.94. The summed E-state index contributed by atoms with van der Waals surface area (Å²) in [4.78, 5) is 12.0. The number of anilines is 1. The summed E-state index contributed by atoms with van der Waals surface area (Å²) in [5.74, 6) is -0.553. The van der Waals surface area contributed by atoms with Crippen molar-refractivity contribution in [3.63, 3.8) is 0 Å². The number of benzene rings is 1. The van der Waals surface area contributed by atoms with Gasteiger partial charge in [0.15, 0.2) is 5.78 Å². The van der Waals surface area contributed by atoms with Crippen LogP contribution in [0.2, 0.25) is 0 Å². The van der Waals surface area contributed by atoms with Gasteiger partial charge in [-0.15, -0.1) is 0 Å². The Bertz CT molecular complexity index is 465. The van der Waals surface area contributed by atoms with Crippen LogP contribution in [-0.2, 0) is 10.9 Å². The molecule has 0 amide bonds. The number of ketones is 1. The Morgan fingerprint density at radius 3 is 2.61 bits per heavy atom. The first-order valence-corrected chi connectivity index (χ1v) is 5.48. The molecule has 1 unspecified atom stereocenters. The maximum absolute atomic E-state index is 12.4. The van der Waals surface area contributed by atoms with E-state index in [1.807, 2.05) is 0 Å². The van der Waals surface area contributed by atoms with Gasteiger partial charge in [0, 0.05) is 23.8 Å². The van der Waals surface area contributed by atoms with E-state index in [9.17, 15) is 18.0 Å². The molecule has 0 spiro atoms. The fourth-order valence-corrected chi connectivity index (χ4v) is 1.92. The largest absolute Gasteiger partial charge is 0.416 e. The van der Waals surface area contributed by atoms with Crippen LogP contribution in [0.3, 0.4) is 0 Å². The summed E-state index contributed by atoms with van der Waals surface area (Å²) < 4.78 is 42.4. The number of nitrogens with two attached hydrogens (primary N) is 1. The van der Waals surface area contributed by atoms with Gasteiger partial charge in [0.05, 0.1) is 12.2 Å². The van der Waals surface area contributed by atoms with E-state index < -0.39 is 11.7 Å². The molecule has 0 aromatic heterocycles. The van der Waals surface area contributed by atoms with Crippen molar-refractivity contribution in [1.82, 2.24) is 0 Å². The summed E-state index contributed by atoms with van der Waals surface area (Å²) in [7, 11) is 0. The predicted octanol–water partition coefficient (Wildman–Crippen LogP) is 2.51. The number of alkyl halides is 3. The Kier molecular flexibility index (Phi) is 3.30. The number of hydrogen-bond donors (Lipinski definition) is 1. The zero-order valence-corrected chi connectivity index (χ0v) is 9.46. The number of hydrogen-bond acceptors (Lipinski definition) is 3. The van der Waals surface area contributed by atoms with Gasteiger partial charge < -0.3 is 10.5 Å². The van der Waals surface area contributed by atoms with Crippen molar-refractivity contribution in [2.45, 2.75) is 12.6 Å². The van der Waals surface area contributed by atoms with Crippen molar-refractivity contribution in [2.24, 2.45) is 5.92 Å². The lowest BCUT2D eigenvalue weighted by Gasteiger charge is -2.12. The summed E-state index contributed by atoms with van der Waals surface area (Å²) >= 11 is 0. The average molecular weight is 259 g/mol. The monoisotopic (exact) mass is 259 g/mol. The Labute approximate surface area is 102 Å². The molecule has 1 fully saturated rings. The molecule has 18 heavy (non-hydrogen) atoms. The van der Waals surface area contributed by atoms with Crippen molar-refractivity contribution in [3.8, 4) is 0 Å². The van der Waals surface area contributed by atoms with Crippen LogP contribution in [0, 0.1) is 5.92 Å². The van der Waals surface area contributed by atoms with Crippen molar-refractivity contribution >= 4 is 11.5 Å². The van der Waals surface area contributed by atoms with Crippen LogP contribution in [0.1, 0.15) is 22.3 Å². The Morgan fingerprint density at radius 1 is 1.39 bits per heavy atom. The molecule has 0 bridgehead atoms. The van der Waals surface area contributed by atoms with Crippen LogP contribution in [0.15, 0.2) is 18.2 Å². The highest BCUT2D eigenvalue weighted by Crippen LogP contribution is 2.32. The van der Waals surface area contributed by atoms with E-state index in [-0.39, 0.29) is 23.0 Å². The molecule has 1 heterocycles. The topological polar surface area (TPSA) is 52.3 Å². The summed E-state index contributed by atoms with van der Waals surface area (Å²) in [6.45, 7) is 0.802. The Balaban J connectivity index is 2.27. The first kappa shape index (κ1) is 12.9. The second kappa shape index (κ2) is 4.61. The van der Waals surface area contributed by atoms with Crippen LogP contribution in [0.25, 0.3) is 0 Å². The Morgan fingerprint density at radius 2 is 2.11 bits per heavy atom. The third kappa shape index (κ3) is 2.48. The van der Waals surface area contributed by atoms with Gasteiger partial charge >= 0.3 is 6.18 Å².